The van der Waals surface area contributed by atoms with Crippen LogP contribution in [-0.2, 0) is 7.05 Å². The number of aryl methyl sites for hydroxylation is 1. The Morgan fingerprint density at radius 2 is 2.35 bits per heavy atom. The Hall–Kier alpha value is -2.09. The van der Waals surface area contributed by atoms with Crippen LogP contribution in [0.15, 0.2) is 42.7 Å². The van der Waals surface area contributed by atoms with Gasteiger partial charge in [0.2, 0.25) is 0 Å². The van der Waals surface area contributed by atoms with Gasteiger partial charge in [-0.15, -0.1) is 0 Å². The molecule has 0 aliphatic heterocycles. The van der Waals surface area contributed by atoms with Crippen LogP contribution in [-0.4, -0.2) is 14.9 Å². The summed E-state index contributed by atoms with van der Waals surface area (Å²) >= 11 is 6.03. The standard InChI is InChI=1S/C15H14ClN3O/c1-10(7-17)5-15(20)13-4-3-12(16)6-14(13)11-8-18-19(2)9-11/h3-4,6,8-9,15,20H,1,5H2,2H3/t15-/m0/s1. The number of rotatable bonds is 4. The van der Waals surface area contributed by atoms with Gasteiger partial charge < -0.3 is 5.11 Å². The molecule has 5 heteroatoms. The van der Waals surface area contributed by atoms with Crippen molar-refractivity contribution in [3.8, 4) is 17.2 Å². The van der Waals surface area contributed by atoms with Crippen molar-refractivity contribution in [1.82, 2.24) is 9.78 Å². The van der Waals surface area contributed by atoms with Crippen molar-refractivity contribution in [3.05, 3.63) is 53.3 Å². The van der Waals surface area contributed by atoms with Crippen molar-refractivity contribution in [3.63, 3.8) is 0 Å². The van der Waals surface area contributed by atoms with Gasteiger partial charge >= 0.3 is 0 Å². The third-order valence-electron chi connectivity index (χ3n) is 2.99. The fraction of sp³-hybridized carbons (Fsp3) is 0.200. The van der Waals surface area contributed by atoms with Crippen molar-refractivity contribution in [2.45, 2.75) is 12.5 Å². The van der Waals surface area contributed by atoms with Crippen LogP contribution in [0.25, 0.3) is 11.1 Å². The van der Waals surface area contributed by atoms with Crippen molar-refractivity contribution in [2.24, 2.45) is 7.05 Å². The number of aliphatic hydroxyl groups excluding tert-OH is 1. The molecule has 1 atom stereocenters. The van der Waals surface area contributed by atoms with Gasteiger partial charge in [0.25, 0.3) is 0 Å². The van der Waals surface area contributed by atoms with Gasteiger partial charge in [-0.05, 0) is 23.3 Å². The van der Waals surface area contributed by atoms with Gasteiger partial charge in [0.15, 0.2) is 0 Å². The molecule has 0 saturated carbocycles. The van der Waals surface area contributed by atoms with Crippen molar-refractivity contribution in [1.29, 1.82) is 5.26 Å². The number of hydrogen-bond acceptors (Lipinski definition) is 3. The molecule has 0 radical (unpaired) electrons. The lowest BCUT2D eigenvalue weighted by Crippen LogP contribution is -2.00. The number of benzene rings is 1. The first-order valence-electron chi connectivity index (χ1n) is 6.05. The number of aliphatic hydroxyl groups is 1. The van der Waals surface area contributed by atoms with Gasteiger partial charge in [-0.1, -0.05) is 24.2 Å². The van der Waals surface area contributed by atoms with Gasteiger partial charge in [-0.2, -0.15) is 10.4 Å². The van der Waals surface area contributed by atoms with Crippen LogP contribution in [0.1, 0.15) is 18.1 Å². The molecule has 0 fully saturated rings. The summed E-state index contributed by atoms with van der Waals surface area (Å²) in [5.74, 6) is 0. The van der Waals surface area contributed by atoms with E-state index in [-0.39, 0.29) is 6.42 Å². The molecule has 0 aliphatic rings. The van der Waals surface area contributed by atoms with E-state index in [1.165, 1.54) is 0 Å². The molecule has 0 amide bonds. The van der Waals surface area contributed by atoms with Gasteiger partial charge in [0.1, 0.15) is 0 Å². The first-order valence-corrected chi connectivity index (χ1v) is 6.43. The van der Waals surface area contributed by atoms with Crippen LogP contribution in [0.5, 0.6) is 0 Å². The topological polar surface area (TPSA) is 61.8 Å². The van der Waals surface area contributed by atoms with Crippen molar-refractivity contribution < 1.29 is 5.11 Å². The number of halogens is 1. The molecule has 2 rings (SSSR count). The van der Waals surface area contributed by atoms with E-state index in [1.807, 2.05) is 19.3 Å². The molecule has 1 aromatic heterocycles. The average Bonchev–Trinajstić information content (AvgIpc) is 2.84. The number of hydrogen-bond donors (Lipinski definition) is 1. The zero-order chi connectivity index (χ0) is 14.7. The van der Waals surface area contributed by atoms with E-state index in [0.717, 1.165) is 11.1 Å². The van der Waals surface area contributed by atoms with Crippen LogP contribution >= 0.6 is 11.6 Å². The monoisotopic (exact) mass is 287 g/mol. The Morgan fingerprint density at radius 1 is 1.60 bits per heavy atom. The fourth-order valence-electron chi connectivity index (χ4n) is 2.02. The second kappa shape index (κ2) is 5.91. The second-order valence-electron chi connectivity index (χ2n) is 4.57. The molecule has 0 spiro atoms. The average molecular weight is 288 g/mol. The predicted octanol–water partition coefficient (Wildman–Crippen LogP) is 3.24. The zero-order valence-corrected chi connectivity index (χ0v) is 11.8. The maximum absolute atomic E-state index is 10.3. The maximum Gasteiger partial charge on any atom is 0.0941 e. The molecular formula is C15H14ClN3O. The summed E-state index contributed by atoms with van der Waals surface area (Å²) < 4.78 is 1.68. The maximum atomic E-state index is 10.3. The van der Waals surface area contributed by atoms with Gasteiger partial charge in [-0.3, -0.25) is 4.68 Å². The van der Waals surface area contributed by atoms with Gasteiger partial charge in [-0.25, -0.2) is 0 Å². The molecule has 2 aromatic rings. The van der Waals surface area contributed by atoms with Crippen LogP contribution in [0.4, 0.5) is 0 Å². The van der Waals surface area contributed by atoms with Crippen molar-refractivity contribution >= 4 is 11.6 Å². The number of aromatic nitrogens is 2. The van der Waals surface area contributed by atoms with E-state index in [2.05, 4.69) is 11.7 Å². The second-order valence-corrected chi connectivity index (χ2v) is 5.01. The quantitative estimate of drug-likeness (QED) is 0.878. The highest BCUT2D eigenvalue weighted by molar-refractivity contribution is 6.30. The highest BCUT2D eigenvalue weighted by Crippen LogP contribution is 2.33. The third-order valence-corrected chi connectivity index (χ3v) is 3.22. The zero-order valence-electron chi connectivity index (χ0n) is 11.0. The number of nitriles is 1. The Morgan fingerprint density at radius 3 is 2.95 bits per heavy atom. The summed E-state index contributed by atoms with van der Waals surface area (Å²) in [6, 6.07) is 7.21. The van der Waals surface area contributed by atoms with Crippen LogP contribution in [0.3, 0.4) is 0 Å². The molecule has 20 heavy (non-hydrogen) atoms. The molecule has 1 aromatic carbocycles. The highest BCUT2D eigenvalue weighted by atomic mass is 35.5. The van der Waals surface area contributed by atoms with E-state index in [4.69, 9.17) is 16.9 Å². The van der Waals surface area contributed by atoms with Crippen LogP contribution < -0.4 is 0 Å². The summed E-state index contributed by atoms with van der Waals surface area (Å²) in [7, 11) is 1.82. The van der Waals surface area contributed by atoms with Crippen LogP contribution in [0.2, 0.25) is 5.02 Å². The minimum absolute atomic E-state index is 0.200. The molecule has 0 aliphatic carbocycles. The van der Waals surface area contributed by atoms with Gasteiger partial charge in [0.05, 0.1) is 18.4 Å². The lowest BCUT2D eigenvalue weighted by molar-refractivity contribution is 0.180. The molecule has 1 N–H and O–H groups in total. The smallest absolute Gasteiger partial charge is 0.0941 e. The summed E-state index contributed by atoms with van der Waals surface area (Å²) in [5.41, 5.74) is 2.72. The Bertz CT molecular complexity index is 685. The number of nitrogens with zero attached hydrogens (tertiary/aromatic N) is 3. The molecule has 0 unspecified atom stereocenters. The molecule has 0 bridgehead atoms. The minimum Gasteiger partial charge on any atom is -0.388 e. The Labute approximate surface area is 122 Å². The SMILES string of the molecule is C=C(C#N)C[C@H](O)c1ccc(Cl)cc1-c1cnn(C)c1. The van der Waals surface area contributed by atoms with E-state index >= 15 is 0 Å². The largest absolute Gasteiger partial charge is 0.388 e. The fourth-order valence-corrected chi connectivity index (χ4v) is 2.19. The van der Waals surface area contributed by atoms with E-state index in [1.54, 1.807) is 29.1 Å². The summed E-state index contributed by atoms with van der Waals surface area (Å²) in [6.07, 6.45) is 2.96. The normalized spacial score (nSPS) is 11.9. The molecular weight excluding hydrogens is 274 g/mol. The first-order chi connectivity index (χ1) is 9.51. The molecule has 0 saturated heterocycles. The molecule has 1 heterocycles. The predicted molar refractivity (Wildman–Crippen MR) is 78.0 cm³/mol. The van der Waals surface area contributed by atoms with Crippen molar-refractivity contribution in [2.75, 3.05) is 0 Å². The van der Waals surface area contributed by atoms with E-state index in [0.29, 0.717) is 16.2 Å². The minimum atomic E-state index is -0.797. The van der Waals surface area contributed by atoms with Gasteiger partial charge in [0, 0.05) is 35.8 Å². The lowest BCUT2D eigenvalue weighted by atomic mass is 9.95. The summed E-state index contributed by atoms with van der Waals surface area (Å²) in [5, 5.41) is 23.8. The molecule has 102 valence electrons. The van der Waals surface area contributed by atoms with E-state index in [9.17, 15) is 5.11 Å². The lowest BCUT2D eigenvalue weighted by Gasteiger charge is -2.14. The van der Waals surface area contributed by atoms with E-state index < -0.39 is 6.10 Å². The summed E-state index contributed by atoms with van der Waals surface area (Å²) in [4.78, 5) is 0. The third kappa shape index (κ3) is 3.08. The Balaban J connectivity index is 2.43. The Kier molecular flexibility index (Phi) is 4.23. The molecule has 4 nitrogen and oxygen atoms in total. The summed E-state index contributed by atoms with van der Waals surface area (Å²) in [6.45, 7) is 3.60. The highest BCUT2D eigenvalue weighted by Gasteiger charge is 2.16. The first kappa shape index (κ1) is 14.3. The van der Waals surface area contributed by atoms with Crippen LogP contribution in [0, 0.1) is 11.3 Å².